The molecule has 0 aliphatic carbocycles. The van der Waals surface area contributed by atoms with Crippen LogP contribution in [0.2, 0.25) is 0 Å². The van der Waals surface area contributed by atoms with Crippen LogP contribution < -0.4 is 10.6 Å². The van der Waals surface area contributed by atoms with Crippen LogP contribution in [0.25, 0.3) is 0 Å². The van der Waals surface area contributed by atoms with Gasteiger partial charge in [0.2, 0.25) is 5.91 Å². The topological polar surface area (TPSA) is 75.3 Å². The number of hydrogen-bond donors (Lipinski definition) is 2. The fourth-order valence-electron chi connectivity index (χ4n) is 0.984. The van der Waals surface area contributed by atoms with E-state index < -0.39 is 9.84 Å². The highest BCUT2D eigenvalue weighted by molar-refractivity contribution is 7.91. The quantitative estimate of drug-likeness (QED) is 0.559. The highest BCUT2D eigenvalue weighted by Crippen LogP contribution is 1.87. The molecule has 0 aliphatic heterocycles. The van der Waals surface area contributed by atoms with E-state index in [1.54, 1.807) is 6.92 Å². The zero-order valence-electron chi connectivity index (χ0n) is 9.38. The summed E-state index contributed by atoms with van der Waals surface area (Å²) in [5.74, 6) is 0.299. The van der Waals surface area contributed by atoms with Crippen molar-refractivity contribution in [2.24, 2.45) is 0 Å². The van der Waals surface area contributed by atoms with Crippen LogP contribution in [0.15, 0.2) is 0 Å². The zero-order chi connectivity index (χ0) is 11.7. The summed E-state index contributed by atoms with van der Waals surface area (Å²) in [7, 11) is -2.89. The molecule has 1 amide bonds. The minimum absolute atomic E-state index is 0.0108. The molecule has 0 rings (SSSR count). The Bertz CT molecular complexity index is 275. The first kappa shape index (κ1) is 14.4. The standard InChI is InChI=1S/C9H20N2O3S/c1-3-11-9(12)5-6-10-7-8-15(13,14)4-2/h10H,3-8H2,1-2H3,(H,11,12). The molecule has 0 aliphatic rings. The van der Waals surface area contributed by atoms with Crippen molar-refractivity contribution in [2.45, 2.75) is 20.3 Å². The van der Waals surface area contributed by atoms with E-state index in [-0.39, 0.29) is 17.4 Å². The van der Waals surface area contributed by atoms with Crippen molar-refractivity contribution in [3.63, 3.8) is 0 Å². The van der Waals surface area contributed by atoms with Crippen LogP contribution in [0, 0.1) is 0 Å². The molecule has 0 spiro atoms. The summed E-state index contributed by atoms with van der Waals surface area (Å²) in [4.78, 5) is 11.0. The van der Waals surface area contributed by atoms with Crippen LogP contribution in [0.5, 0.6) is 0 Å². The number of carbonyl (C=O) groups excluding carboxylic acids is 1. The number of sulfone groups is 1. The van der Waals surface area contributed by atoms with Gasteiger partial charge in [-0.15, -0.1) is 0 Å². The maximum atomic E-state index is 11.1. The van der Waals surface area contributed by atoms with E-state index in [4.69, 9.17) is 0 Å². The molecule has 0 heterocycles. The fourth-order valence-corrected chi connectivity index (χ4v) is 1.73. The van der Waals surface area contributed by atoms with Gasteiger partial charge in [0.1, 0.15) is 0 Å². The average molecular weight is 236 g/mol. The Balaban J connectivity index is 3.44. The van der Waals surface area contributed by atoms with Crippen molar-refractivity contribution in [3.8, 4) is 0 Å². The van der Waals surface area contributed by atoms with Crippen molar-refractivity contribution < 1.29 is 13.2 Å². The third-order valence-corrected chi connectivity index (χ3v) is 3.64. The molecule has 0 aromatic heterocycles. The van der Waals surface area contributed by atoms with E-state index in [0.717, 1.165) is 0 Å². The number of hydrogen-bond acceptors (Lipinski definition) is 4. The monoisotopic (exact) mass is 236 g/mol. The van der Waals surface area contributed by atoms with Crippen LogP contribution in [0.1, 0.15) is 20.3 Å². The van der Waals surface area contributed by atoms with Crippen molar-refractivity contribution in [2.75, 3.05) is 31.1 Å². The van der Waals surface area contributed by atoms with E-state index in [2.05, 4.69) is 10.6 Å². The molecule has 2 N–H and O–H groups in total. The second kappa shape index (κ2) is 7.64. The van der Waals surface area contributed by atoms with Gasteiger partial charge in [-0.3, -0.25) is 4.79 Å². The summed E-state index contributed by atoms with van der Waals surface area (Å²) in [5.41, 5.74) is 0. The molecule has 0 aromatic rings. The Morgan fingerprint density at radius 1 is 1.20 bits per heavy atom. The Labute approximate surface area is 91.5 Å². The van der Waals surface area contributed by atoms with Gasteiger partial charge in [-0.1, -0.05) is 6.92 Å². The SMILES string of the molecule is CCNC(=O)CCNCCS(=O)(=O)CC. The van der Waals surface area contributed by atoms with Gasteiger partial charge >= 0.3 is 0 Å². The second-order valence-corrected chi connectivity index (χ2v) is 5.66. The Hall–Kier alpha value is -0.620. The summed E-state index contributed by atoms with van der Waals surface area (Å²) in [6.07, 6.45) is 0.389. The van der Waals surface area contributed by atoms with Crippen LogP contribution >= 0.6 is 0 Å². The molecule has 0 saturated heterocycles. The van der Waals surface area contributed by atoms with Gasteiger partial charge in [0.25, 0.3) is 0 Å². The molecule has 0 bridgehead atoms. The van der Waals surface area contributed by atoms with Gasteiger partial charge in [0.15, 0.2) is 9.84 Å². The molecular weight excluding hydrogens is 216 g/mol. The fraction of sp³-hybridized carbons (Fsp3) is 0.889. The molecule has 0 saturated carbocycles. The number of amides is 1. The highest BCUT2D eigenvalue weighted by Gasteiger charge is 2.06. The molecule has 15 heavy (non-hydrogen) atoms. The molecule has 90 valence electrons. The smallest absolute Gasteiger partial charge is 0.221 e. The lowest BCUT2D eigenvalue weighted by Gasteiger charge is -2.04. The molecule has 0 radical (unpaired) electrons. The third-order valence-electron chi connectivity index (χ3n) is 1.93. The van der Waals surface area contributed by atoms with Gasteiger partial charge in [-0.2, -0.15) is 0 Å². The summed E-state index contributed by atoms with van der Waals surface area (Å²) >= 11 is 0. The first-order valence-electron chi connectivity index (χ1n) is 5.19. The molecule has 0 fully saturated rings. The normalized spacial score (nSPS) is 11.3. The third kappa shape index (κ3) is 8.38. The summed E-state index contributed by atoms with van der Waals surface area (Å²) in [6.45, 7) is 5.05. The van der Waals surface area contributed by atoms with Crippen LogP contribution in [-0.4, -0.2) is 45.5 Å². The van der Waals surface area contributed by atoms with E-state index in [1.165, 1.54) is 0 Å². The molecule has 5 nitrogen and oxygen atoms in total. The van der Waals surface area contributed by atoms with Gasteiger partial charge in [-0.05, 0) is 6.92 Å². The zero-order valence-corrected chi connectivity index (χ0v) is 10.2. The summed E-state index contributed by atoms with van der Waals surface area (Å²) in [5, 5.41) is 5.59. The lowest BCUT2D eigenvalue weighted by Crippen LogP contribution is -2.30. The molecule has 0 unspecified atom stereocenters. The number of carbonyl (C=O) groups is 1. The van der Waals surface area contributed by atoms with Gasteiger partial charge in [-0.25, -0.2) is 8.42 Å². The average Bonchev–Trinajstić information content (AvgIpc) is 2.17. The Morgan fingerprint density at radius 2 is 1.87 bits per heavy atom. The van der Waals surface area contributed by atoms with E-state index >= 15 is 0 Å². The number of rotatable bonds is 8. The first-order valence-corrected chi connectivity index (χ1v) is 7.01. The lowest BCUT2D eigenvalue weighted by molar-refractivity contribution is -0.120. The second-order valence-electron chi connectivity index (χ2n) is 3.19. The van der Waals surface area contributed by atoms with E-state index in [1.807, 2.05) is 6.92 Å². The lowest BCUT2D eigenvalue weighted by atomic mass is 10.4. The predicted molar refractivity (Wildman–Crippen MR) is 60.5 cm³/mol. The van der Waals surface area contributed by atoms with E-state index in [9.17, 15) is 13.2 Å². The minimum atomic E-state index is -2.89. The Morgan fingerprint density at radius 3 is 2.40 bits per heavy atom. The Kier molecular flexibility index (Phi) is 7.33. The first-order chi connectivity index (χ1) is 7.02. The predicted octanol–water partition coefficient (Wildman–Crippen LogP) is -0.463. The summed E-state index contributed by atoms with van der Waals surface area (Å²) < 4.78 is 22.2. The van der Waals surface area contributed by atoms with Crippen molar-refractivity contribution in [1.29, 1.82) is 0 Å². The van der Waals surface area contributed by atoms with Gasteiger partial charge in [0, 0.05) is 31.8 Å². The minimum Gasteiger partial charge on any atom is -0.356 e. The molecule has 0 atom stereocenters. The van der Waals surface area contributed by atoms with Crippen molar-refractivity contribution in [1.82, 2.24) is 10.6 Å². The van der Waals surface area contributed by atoms with Crippen LogP contribution in [0.4, 0.5) is 0 Å². The van der Waals surface area contributed by atoms with E-state index in [0.29, 0.717) is 26.1 Å². The summed E-state index contributed by atoms with van der Waals surface area (Å²) in [6, 6.07) is 0. The van der Waals surface area contributed by atoms with Gasteiger partial charge in [0.05, 0.1) is 5.75 Å². The highest BCUT2D eigenvalue weighted by atomic mass is 32.2. The maximum Gasteiger partial charge on any atom is 0.221 e. The van der Waals surface area contributed by atoms with Gasteiger partial charge < -0.3 is 10.6 Å². The van der Waals surface area contributed by atoms with Crippen molar-refractivity contribution in [3.05, 3.63) is 0 Å². The largest absolute Gasteiger partial charge is 0.356 e. The molecule has 6 heteroatoms. The van der Waals surface area contributed by atoms with Crippen molar-refractivity contribution >= 4 is 15.7 Å². The maximum absolute atomic E-state index is 11.1. The number of nitrogens with one attached hydrogen (secondary N) is 2. The van der Waals surface area contributed by atoms with Crippen LogP contribution in [0.3, 0.4) is 0 Å². The molecular formula is C9H20N2O3S. The molecule has 0 aromatic carbocycles. The van der Waals surface area contributed by atoms with Crippen LogP contribution in [-0.2, 0) is 14.6 Å².